The number of hydrogen-bond donors (Lipinski definition) is 0. The minimum atomic E-state index is -0.194. The molecule has 0 unspecified atom stereocenters. The molecule has 4 nitrogen and oxygen atoms in total. The SMILES string of the molecule is C[C@H]1Oc2ccccc2C=C1C=C1Oc2cc(OCc3ccc(Cl)cc3Cl)ccc2C1=O. The smallest absolute Gasteiger partial charge is 0.231 e. The van der Waals surface area contributed by atoms with Crippen LogP contribution in [0.25, 0.3) is 6.08 Å². The Hall–Kier alpha value is -3.21. The summed E-state index contributed by atoms with van der Waals surface area (Å²) in [6.07, 6.45) is 3.57. The van der Waals surface area contributed by atoms with Crippen molar-refractivity contribution in [3.63, 3.8) is 0 Å². The molecule has 0 saturated heterocycles. The lowest BCUT2D eigenvalue weighted by molar-refractivity contribution is 0.101. The summed E-state index contributed by atoms with van der Waals surface area (Å²) in [5.41, 5.74) is 3.15. The van der Waals surface area contributed by atoms with Crippen LogP contribution in [0, 0.1) is 0 Å². The van der Waals surface area contributed by atoms with E-state index in [4.69, 9.17) is 37.4 Å². The lowest BCUT2D eigenvalue weighted by atomic mass is 10.0. The molecule has 5 rings (SSSR count). The van der Waals surface area contributed by atoms with Crippen LogP contribution in [0.1, 0.15) is 28.4 Å². The quantitative estimate of drug-likeness (QED) is 0.394. The zero-order chi connectivity index (χ0) is 22.2. The molecule has 0 bridgehead atoms. The predicted molar refractivity (Wildman–Crippen MR) is 125 cm³/mol. The lowest BCUT2D eigenvalue weighted by Gasteiger charge is -2.22. The van der Waals surface area contributed by atoms with E-state index in [9.17, 15) is 4.79 Å². The molecule has 6 heteroatoms. The summed E-state index contributed by atoms with van der Waals surface area (Å²) in [7, 11) is 0. The van der Waals surface area contributed by atoms with Crippen molar-refractivity contribution in [2.75, 3.05) is 0 Å². The molecule has 0 saturated carbocycles. The standard InChI is InChI=1S/C26H18Cl2O4/c1-15-18(10-16-4-2-3-5-23(16)31-15)11-25-26(29)21-9-8-20(13-24(21)32-25)30-14-17-6-7-19(27)12-22(17)28/h2-13,15H,14H2,1H3/t15-/m1/s1. The third-order valence-electron chi connectivity index (χ3n) is 5.36. The van der Waals surface area contributed by atoms with E-state index in [1.165, 1.54) is 0 Å². The molecular weight excluding hydrogens is 447 g/mol. The number of benzene rings is 3. The van der Waals surface area contributed by atoms with Crippen LogP contribution >= 0.6 is 23.2 Å². The van der Waals surface area contributed by atoms with E-state index in [2.05, 4.69) is 0 Å². The summed E-state index contributed by atoms with van der Waals surface area (Å²) in [6, 6.07) is 18.2. The third kappa shape index (κ3) is 3.99. The first kappa shape index (κ1) is 20.7. The van der Waals surface area contributed by atoms with E-state index in [1.807, 2.05) is 43.3 Å². The molecule has 3 aromatic carbocycles. The van der Waals surface area contributed by atoms with E-state index in [0.717, 1.165) is 22.4 Å². The van der Waals surface area contributed by atoms with Gasteiger partial charge in [0.05, 0.1) is 5.56 Å². The molecule has 0 amide bonds. The Balaban J connectivity index is 1.35. The second kappa shape index (κ2) is 8.38. The van der Waals surface area contributed by atoms with Crippen LogP contribution in [0.4, 0.5) is 0 Å². The number of fused-ring (bicyclic) bond motifs is 2. The number of rotatable bonds is 4. The highest BCUT2D eigenvalue weighted by Crippen LogP contribution is 2.37. The summed E-state index contributed by atoms with van der Waals surface area (Å²) >= 11 is 12.1. The molecule has 0 aliphatic carbocycles. The number of carbonyl (C=O) groups excluding carboxylic acids is 1. The van der Waals surface area contributed by atoms with E-state index in [-0.39, 0.29) is 24.3 Å². The van der Waals surface area contributed by atoms with Gasteiger partial charge >= 0.3 is 0 Å². The Kier molecular flexibility index (Phi) is 5.41. The predicted octanol–water partition coefficient (Wildman–Crippen LogP) is 6.90. The summed E-state index contributed by atoms with van der Waals surface area (Å²) in [5, 5.41) is 1.10. The highest BCUT2D eigenvalue weighted by Gasteiger charge is 2.29. The zero-order valence-corrected chi connectivity index (χ0v) is 18.6. The summed E-state index contributed by atoms with van der Waals surface area (Å²) < 4.78 is 17.7. The van der Waals surface area contributed by atoms with Gasteiger partial charge in [-0.05, 0) is 55.0 Å². The van der Waals surface area contributed by atoms with Crippen LogP contribution in [0.2, 0.25) is 10.0 Å². The number of halogens is 2. The van der Waals surface area contributed by atoms with E-state index in [1.54, 1.807) is 36.4 Å². The van der Waals surface area contributed by atoms with Crippen molar-refractivity contribution < 1.29 is 19.0 Å². The molecule has 1 atom stereocenters. The first-order valence-corrected chi connectivity index (χ1v) is 10.9. The number of carbonyl (C=O) groups is 1. The monoisotopic (exact) mass is 464 g/mol. The van der Waals surface area contributed by atoms with Gasteiger partial charge in [-0.2, -0.15) is 0 Å². The van der Waals surface area contributed by atoms with Crippen molar-refractivity contribution in [2.24, 2.45) is 0 Å². The molecule has 0 spiro atoms. The molecule has 0 radical (unpaired) electrons. The Labute approximate surface area is 195 Å². The molecule has 2 heterocycles. The molecule has 0 aromatic heterocycles. The van der Waals surface area contributed by atoms with Crippen molar-refractivity contribution in [3.8, 4) is 17.2 Å². The topological polar surface area (TPSA) is 44.8 Å². The number of para-hydroxylation sites is 1. The normalized spacial score (nSPS) is 17.8. The maximum absolute atomic E-state index is 12.9. The molecule has 0 N–H and O–H groups in total. The number of Topliss-reactive ketones (excluding diaryl/α,β-unsaturated/α-hetero) is 1. The van der Waals surface area contributed by atoms with Crippen LogP contribution in [-0.4, -0.2) is 11.9 Å². The minimum absolute atomic E-state index is 0.167. The van der Waals surface area contributed by atoms with Crippen molar-refractivity contribution >= 4 is 35.1 Å². The minimum Gasteiger partial charge on any atom is -0.489 e. The van der Waals surface area contributed by atoms with Crippen molar-refractivity contribution in [3.05, 3.63) is 105 Å². The fourth-order valence-electron chi connectivity index (χ4n) is 3.63. The van der Waals surface area contributed by atoms with E-state index >= 15 is 0 Å². The summed E-state index contributed by atoms with van der Waals surface area (Å²) in [4.78, 5) is 12.9. The highest BCUT2D eigenvalue weighted by atomic mass is 35.5. The second-order valence-corrected chi connectivity index (χ2v) is 8.41. The first-order valence-electron chi connectivity index (χ1n) is 10.1. The number of ketones is 1. The average Bonchev–Trinajstić information content (AvgIpc) is 3.08. The van der Waals surface area contributed by atoms with Gasteiger partial charge in [-0.1, -0.05) is 47.5 Å². The van der Waals surface area contributed by atoms with E-state index < -0.39 is 0 Å². The van der Waals surface area contributed by atoms with Gasteiger partial charge in [0.1, 0.15) is 30.0 Å². The van der Waals surface area contributed by atoms with Gasteiger partial charge in [0.25, 0.3) is 0 Å². The molecule has 2 aliphatic heterocycles. The van der Waals surface area contributed by atoms with Gasteiger partial charge in [0.2, 0.25) is 5.78 Å². The Morgan fingerprint density at radius 1 is 1.03 bits per heavy atom. The van der Waals surface area contributed by atoms with E-state index in [0.29, 0.717) is 27.1 Å². The van der Waals surface area contributed by atoms with Gasteiger partial charge in [0, 0.05) is 27.2 Å². The number of allylic oxidation sites excluding steroid dienone is 1. The van der Waals surface area contributed by atoms with Crippen LogP contribution < -0.4 is 14.2 Å². The number of hydrogen-bond acceptors (Lipinski definition) is 4. The van der Waals surface area contributed by atoms with Crippen molar-refractivity contribution in [1.29, 1.82) is 0 Å². The van der Waals surface area contributed by atoms with Gasteiger partial charge in [-0.3, -0.25) is 4.79 Å². The fourth-order valence-corrected chi connectivity index (χ4v) is 4.09. The zero-order valence-electron chi connectivity index (χ0n) is 17.1. The average molecular weight is 465 g/mol. The van der Waals surface area contributed by atoms with Crippen molar-refractivity contribution in [2.45, 2.75) is 19.6 Å². The first-order chi connectivity index (χ1) is 15.5. The van der Waals surface area contributed by atoms with Gasteiger partial charge in [-0.25, -0.2) is 0 Å². The van der Waals surface area contributed by atoms with Crippen LogP contribution in [0.5, 0.6) is 17.2 Å². The van der Waals surface area contributed by atoms with Gasteiger partial charge in [0.15, 0.2) is 5.76 Å². The largest absolute Gasteiger partial charge is 0.489 e. The van der Waals surface area contributed by atoms with Crippen LogP contribution in [-0.2, 0) is 6.61 Å². The maximum Gasteiger partial charge on any atom is 0.231 e. The van der Waals surface area contributed by atoms with Crippen LogP contribution in [0.15, 0.2) is 78.1 Å². The summed E-state index contributed by atoms with van der Waals surface area (Å²) in [5.74, 6) is 1.96. The summed E-state index contributed by atoms with van der Waals surface area (Å²) in [6.45, 7) is 2.21. The maximum atomic E-state index is 12.9. The Morgan fingerprint density at radius 2 is 1.88 bits per heavy atom. The molecule has 3 aromatic rings. The Bertz CT molecular complexity index is 1290. The van der Waals surface area contributed by atoms with Gasteiger partial charge in [-0.15, -0.1) is 0 Å². The molecular formula is C26H18Cl2O4. The molecule has 32 heavy (non-hydrogen) atoms. The fraction of sp³-hybridized carbons (Fsp3) is 0.115. The van der Waals surface area contributed by atoms with Gasteiger partial charge < -0.3 is 14.2 Å². The Morgan fingerprint density at radius 3 is 2.72 bits per heavy atom. The molecule has 160 valence electrons. The van der Waals surface area contributed by atoms with Crippen LogP contribution in [0.3, 0.4) is 0 Å². The third-order valence-corrected chi connectivity index (χ3v) is 5.95. The highest BCUT2D eigenvalue weighted by molar-refractivity contribution is 6.35. The second-order valence-electron chi connectivity index (χ2n) is 7.56. The molecule has 2 aliphatic rings. The molecule has 0 fully saturated rings. The lowest BCUT2D eigenvalue weighted by Crippen LogP contribution is -2.18. The van der Waals surface area contributed by atoms with Crippen molar-refractivity contribution in [1.82, 2.24) is 0 Å². The number of ether oxygens (including phenoxy) is 3.